The molecule has 63 heavy (non-hydrogen) atoms. The number of unbranched alkanes of at least 4 members (excludes halogenated alkanes) is 2. The largest absolute Gasteiger partial charge is 0.459 e. The van der Waals surface area contributed by atoms with Gasteiger partial charge in [-0.05, 0) is 85.3 Å². The summed E-state index contributed by atoms with van der Waals surface area (Å²) in [6, 6.07) is 24.2. The minimum Gasteiger partial charge on any atom is -0.459 e. The van der Waals surface area contributed by atoms with Crippen LogP contribution in [0.1, 0.15) is 80.4 Å². The minimum atomic E-state index is -1.43. The van der Waals surface area contributed by atoms with E-state index < -0.39 is 23.8 Å². The summed E-state index contributed by atoms with van der Waals surface area (Å²) in [5.41, 5.74) is 4.34. The Kier molecular flexibility index (Phi) is 16.4. The van der Waals surface area contributed by atoms with Crippen molar-refractivity contribution < 1.29 is 48.7 Å². The number of hydrogen-bond acceptors (Lipinski definition) is 11. The first kappa shape index (κ1) is 46.0. The van der Waals surface area contributed by atoms with Crippen LogP contribution in [0.3, 0.4) is 0 Å². The summed E-state index contributed by atoms with van der Waals surface area (Å²) in [6.45, 7) is 5.27. The molecule has 13 nitrogen and oxygen atoms in total. The molecule has 0 bridgehead atoms. The Hall–Kier alpha value is -5.05. The second-order valence-electron chi connectivity index (χ2n) is 16.9. The van der Waals surface area contributed by atoms with Crippen molar-refractivity contribution in [1.82, 2.24) is 10.2 Å². The third-order valence-electron chi connectivity index (χ3n) is 12.7. The SMILES string of the molecule is C=CCO[C@@]12Oc3ccc(OC(=O)NCc4ccccc4)cc3[C@H]3[C@H](CCCCO)[C@@H](CCCCO)C=C(C(=NOCc4ccccc4)C[C@@H]1N(CCOCCO)C(=O)C1CC1)[C@H]32. The maximum Gasteiger partial charge on any atom is 0.412 e. The number of nitrogens with one attached hydrogen (secondary N) is 1. The van der Waals surface area contributed by atoms with Gasteiger partial charge in [0, 0.05) is 50.1 Å². The molecule has 3 aromatic carbocycles. The van der Waals surface area contributed by atoms with E-state index in [9.17, 15) is 24.9 Å². The highest BCUT2D eigenvalue weighted by Gasteiger charge is 2.66. The van der Waals surface area contributed by atoms with Crippen molar-refractivity contribution in [3.05, 3.63) is 120 Å². The summed E-state index contributed by atoms with van der Waals surface area (Å²) in [5, 5.41) is 37.2. The Balaban J connectivity index is 1.37. The fraction of sp³-hybridized carbons (Fsp3) is 0.500. The zero-order chi connectivity index (χ0) is 44.0. The van der Waals surface area contributed by atoms with Crippen molar-refractivity contribution in [3.8, 4) is 11.5 Å². The van der Waals surface area contributed by atoms with Gasteiger partial charge in [0.25, 0.3) is 0 Å². The third-order valence-corrected chi connectivity index (χ3v) is 12.7. The molecule has 2 saturated carbocycles. The van der Waals surface area contributed by atoms with Gasteiger partial charge in [0.1, 0.15) is 24.1 Å². The molecule has 4 aliphatic rings. The molecule has 338 valence electrons. The van der Waals surface area contributed by atoms with E-state index in [2.05, 4.69) is 18.0 Å². The van der Waals surface area contributed by atoms with Gasteiger partial charge in [-0.15, -0.1) is 6.58 Å². The van der Waals surface area contributed by atoms with E-state index in [4.69, 9.17) is 28.9 Å². The van der Waals surface area contributed by atoms with Crippen molar-refractivity contribution in [2.24, 2.45) is 28.8 Å². The number of ether oxygens (including phenoxy) is 4. The van der Waals surface area contributed by atoms with E-state index in [1.54, 1.807) is 12.1 Å². The van der Waals surface area contributed by atoms with Crippen molar-refractivity contribution in [2.45, 2.75) is 88.7 Å². The summed E-state index contributed by atoms with van der Waals surface area (Å²) < 4.78 is 26.1. The number of aliphatic hydroxyl groups excluding tert-OH is 3. The number of benzene rings is 3. The average Bonchev–Trinajstić information content (AvgIpc) is 4.16. The van der Waals surface area contributed by atoms with E-state index in [1.807, 2.05) is 77.7 Å². The second kappa shape index (κ2) is 22.5. The van der Waals surface area contributed by atoms with E-state index in [0.29, 0.717) is 36.6 Å². The molecule has 7 rings (SSSR count). The Morgan fingerprint density at radius 1 is 0.905 bits per heavy atom. The number of hydrogen-bond donors (Lipinski definition) is 4. The zero-order valence-corrected chi connectivity index (χ0v) is 36.2. The van der Waals surface area contributed by atoms with Crippen LogP contribution in [0.5, 0.6) is 11.5 Å². The van der Waals surface area contributed by atoms with Crippen LogP contribution in [-0.4, -0.2) is 95.9 Å². The zero-order valence-electron chi connectivity index (χ0n) is 36.2. The highest BCUT2D eigenvalue weighted by molar-refractivity contribution is 6.03. The fourth-order valence-electron chi connectivity index (χ4n) is 9.70. The lowest BCUT2D eigenvalue weighted by Crippen LogP contribution is -2.70. The highest BCUT2D eigenvalue weighted by atomic mass is 16.7. The Labute approximate surface area is 370 Å². The first-order valence-corrected chi connectivity index (χ1v) is 22.6. The molecular formula is C50H63N3O10. The van der Waals surface area contributed by atoms with Crippen molar-refractivity contribution in [1.29, 1.82) is 0 Å². The van der Waals surface area contributed by atoms with Crippen LogP contribution < -0.4 is 14.8 Å². The molecule has 0 saturated heterocycles. The van der Waals surface area contributed by atoms with Gasteiger partial charge in [0.2, 0.25) is 11.7 Å². The van der Waals surface area contributed by atoms with Gasteiger partial charge in [-0.1, -0.05) is 90.8 Å². The first-order chi connectivity index (χ1) is 30.9. The van der Waals surface area contributed by atoms with Crippen LogP contribution >= 0.6 is 0 Å². The monoisotopic (exact) mass is 865 g/mol. The summed E-state index contributed by atoms with van der Waals surface area (Å²) in [6.07, 6.45) is 9.62. The van der Waals surface area contributed by atoms with Crippen LogP contribution in [0.4, 0.5) is 4.79 Å². The van der Waals surface area contributed by atoms with E-state index >= 15 is 0 Å². The number of nitrogens with zero attached hydrogens (tertiary/aromatic N) is 2. The van der Waals surface area contributed by atoms with Gasteiger partial charge in [-0.2, -0.15) is 0 Å². The summed E-state index contributed by atoms with van der Waals surface area (Å²) >= 11 is 0. The fourth-order valence-corrected chi connectivity index (χ4v) is 9.70. The first-order valence-electron chi connectivity index (χ1n) is 22.6. The molecule has 0 unspecified atom stereocenters. The Morgan fingerprint density at radius 2 is 1.63 bits per heavy atom. The predicted octanol–water partition coefficient (Wildman–Crippen LogP) is 7.06. The van der Waals surface area contributed by atoms with Crippen molar-refractivity contribution >= 4 is 17.7 Å². The highest BCUT2D eigenvalue weighted by Crippen LogP contribution is 2.62. The number of amides is 2. The minimum absolute atomic E-state index is 0.00813. The Bertz CT molecular complexity index is 2020. The molecular weight excluding hydrogens is 803 g/mol. The van der Waals surface area contributed by atoms with Gasteiger partial charge in [-0.25, -0.2) is 4.79 Å². The number of rotatable bonds is 24. The van der Waals surface area contributed by atoms with E-state index in [-0.39, 0.29) is 88.8 Å². The third kappa shape index (κ3) is 11.2. The van der Waals surface area contributed by atoms with Gasteiger partial charge >= 0.3 is 6.09 Å². The van der Waals surface area contributed by atoms with Gasteiger partial charge in [0.05, 0.1) is 38.1 Å². The number of fused-ring (bicyclic) bond motifs is 2. The summed E-state index contributed by atoms with van der Waals surface area (Å²) in [7, 11) is 0. The number of allylic oxidation sites excluding steroid dienone is 1. The molecule has 1 heterocycles. The van der Waals surface area contributed by atoms with Crippen LogP contribution in [0.2, 0.25) is 0 Å². The lowest BCUT2D eigenvalue weighted by atomic mass is 9.55. The molecule has 3 aliphatic carbocycles. The quantitative estimate of drug-likeness (QED) is 0.0416. The van der Waals surface area contributed by atoms with E-state index in [1.165, 1.54) is 0 Å². The number of aliphatic hydroxyl groups is 3. The Morgan fingerprint density at radius 3 is 2.33 bits per heavy atom. The van der Waals surface area contributed by atoms with Gasteiger partial charge < -0.3 is 49.3 Å². The van der Waals surface area contributed by atoms with Crippen LogP contribution in [0.25, 0.3) is 0 Å². The normalized spacial score (nSPS) is 24.0. The lowest BCUT2D eigenvalue weighted by Gasteiger charge is -2.60. The molecule has 2 amide bonds. The smallest absolute Gasteiger partial charge is 0.412 e. The molecule has 2 fully saturated rings. The second-order valence-corrected chi connectivity index (χ2v) is 16.9. The molecule has 4 N–H and O–H groups in total. The summed E-state index contributed by atoms with van der Waals surface area (Å²) in [4.78, 5) is 35.9. The molecule has 13 heteroatoms. The molecule has 1 aliphatic heterocycles. The van der Waals surface area contributed by atoms with Crippen molar-refractivity contribution in [3.63, 3.8) is 0 Å². The predicted molar refractivity (Wildman–Crippen MR) is 238 cm³/mol. The van der Waals surface area contributed by atoms with Crippen LogP contribution in [0, 0.1) is 23.7 Å². The maximum atomic E-state index is 14.6. The molecule has 6 atom stereocenters. The van der Waals surface area contributed by atoms with Crippen LogP contribution in [-0.2, 0) is 32.3 Å². The van der Waals surface area contributed by atoms with Crippen LogP contribution in [0.15, 0.2) is 108 Å². The molecule has 0 aromatic heterocycles. The van der Waals surface area contributed by atoms with Gasteiger partial charge in [0.15, 0.2) is 0 Å². The lowest BCUT2D eigenvalue weighted by molar-refractivity contribution is -0.258. The summed E-state index contributed by atoms with van der Waals surface area (Å²) in [5.74, 6) is -1.48. The number of carbonyl (C=O) groups excluding carboxylic acids is 2. The average molecular weight is 866 g/mol. The van der Waals surface area contributed by atoms with Gasteiger partial charge in [-0.3, -0.25) is 4.79 Å². The topological polar surface area (TPSA) is 169 Å². The molecule has 3 aromatic rings. The maximum absolute atomic E-state index is 14.6. The number of carbonyl (C=O) groups is 2. The number of oxime groups is 1. The van der Waals surface area contributed by atoms with E-state index in [0.717, 1.165) is 60.8 Å². The standard InChI is InChI=1S/C50H63N3O10/c1-2-27-60-50-45(53(23-28-59-29-26-56)48(57)37-19-20-37)32-43(52-61-34-36-15-7-4-8-16-36)41-30-38(17-9-11-24-54)40(18-10-12-25-55)46(47(41)50)42-31-39(21-22-44(42)63-50)62-49(58)51-33-35-13-5-3-6-14-35/h2-8,13-16,21-22,30-31,37-38,40,45-47,54-56H,1,9-12,17-20,23-29,32-34H2,(H,51,58)/t38-,40+,45-,46+,47+,50+/m0/s1. The molecule has 0 radical (unpaired) electrons. The van der Waals surface area contributed by atoms with Crippen molar-refractivity contribution in [2.75, 3.05) is 46.2 Å². The molecule has 0 spiro atoms.